The van der Waals surface area contributed by atoms with E-state index in [1.54, 1.807) is 0 Å². The zero-order chi connectivity index (χ0) is 16.4. The minimum atomic E-state index is -0.874. The Hall–Kier alpha value is -1.76. The van der Waals surface area contributed by atoms with Gasteiger partial charge < -0.3 is 19.9 Å². The lowest BCUT2D eigenvalue weighted by Gasteiger charge is -2.36. The quantitative estimate of drug-likeness (QED) is 0.815. The van der Waals surface area contributed by atoms with Crippen LogP contribution in [0, 0.1) is 5.41 Å². The highest BCUT2D eigenvalue weighted by atomic mass is 79.9. The van der Waals surface area contributed by atoms with Crippen LogP contribution in [-0.2, 0) is 16.1 Å². The number of nitrogens with one attached hydrogen (secondary N) is 1. The number of aliphatic carboxylic acids is 1. The van der Waals surface area contributed by atoms with E-state index in [4.69, 9.17) is 9.47 Å². The highest BCUT2D eigenvalue weighted by molar-refractivity contribution is 9.10. The van der Waals surface area contributed by atoms with Crippen molar-refractivity contribution < 1.29 is 24.2 Å². The molecule has 0 saturated heterocycles. The van der Waals surface area contributed by atoms with Gasteiger partial charge in [-0.25, -0.2) is 0 Å². The number of amides is 1. The van der Waals surface area contributed by atoms with E-state index in [0.29, 0.717) is 44.1 Å². The first-order chi connectivity index (χ1) is 11.0. The summed E-state index contributed by atoms with van der Waals surface area (Å²) in [7, 11) is 0. The van der Waals surface area contributed by atoms with Crippen molar-refractivity contribution in [2.45, 2.75) is 32.2 Å². The summed E-state index contributed by atoms with van der Waals surface area (Å²) in [5.41, 5.74) is 0.00440. The van der Waals surface area contributed by atoms with Gasteiger partial charge >= 0.3 is 5.97 Å². The average molecular weight is 384 g/mol. The topological polar surface area (TPSA) is 84.9 Å². The second kappa shape index (κ2) is 6.39. The minimum Gasteiger partial charge on any atom is -0.486 e. The second-order valence-electron chi connectivity index (χ2n) is 5.99. The number of hydrogen-bond acceptors (Lipinski definition) is 4. The van der Waals surface area contributed by atoms with Crippen molar-refractivity contribution in [3.63, 3.8) is 0 Å². The molecular weight excluding hydrogens is 366 g/mol. The molecule has 0 unspecified atom stereocenters. The van der Waals surface area contributed by atoms with Crippen LogP contribution in [0.25, 0.3) is 0 Å². The number of carboxylic acids is 1. The zero-order valence-corrected chi connectivity index (χ0v) is 14.1. The normalized spacial score (nSPS) is 18.0. The van der Waals surface area contributed by atoms with Gasteiger partial charge in [-0.15, -0.1) is 0 Å². The summed E-state index contributed by atoms with van der Waals surface area (Å²) in [5, 5.41) is 12.1. The first-order valence-electron chi connectivity index (χ1n) is 7.58. The predicted molar refractivity (Wildman–Crippen MR) is 85.5 cm³/mol. The number of carbonyl (C=O) groups is 2. The Morgan fingerprint density at radius 2 is 2.00 bits per heavy atom. The molecule has 124 valence electrons. The molecule has 2 N–H and O–H groups in total. The molecule has 1 amide bonds. The van der Waals surface area contributed by atoms with Crippen molar-refractivity contribution in [1.29, 1.82) is 0 Å². The van der Waals surface area contributed by atoms with E-state index in [9.17, 15) is 14.7 Å². The number of fused-ring (bicyclic) bond motifs is 1. The minimum absolute atomic E-state index is 0.0358. The van der Waals surface area contributed by atoms with Crippen LogP contribution >= 0.6 is 15.9 Å². The summed E-state index contributed by atoms with van der Waals surface area (Å²) >= 11 is 3.43. The molecule has 0 atom stereocenters. The van der Waals surface area contributed by atoms with Gasteiger partial charge in [0.15, 0.2) is 11.5 Å². The Morgan fingerprint density at radius 3 is 2.65 bits per heavy atom. The monoisotopic (exact) mass is 383 g/mol. The van der Waals surface area contributed by atoms with Gasteiger partial charge in [-0.05, 0) is 46.5 Å². The van der Waals surface area contributed by atoms with Crippen LogP contribution in [0.1, 0.15) is 31.2 Å². The molecule has 0 spiro atoms. The van der Waals surface area contributed by atoms with Crippen LogP contribution in [0.4, 0.5) is 0 Å². The maximum atomic E-state index is 12.1. The van der Waals surface area contributed by atoms with Crippen molar-refractivity contribution in [2.75, 3.05) is 13.2 Å². The van der Waals surface area contributed by atoms with Crippen LogP contribution < -0.4 is 14.8 Å². The number of carboxylic acid groups (broad SMARTS) is 1. The highest BCUT2D eigenvalue weighted by Gasteiger charge is 2.45. The molecule has 3 rings (SSSR count). The number of hydrogen-bond donors (Lipinski definition) is 2. The van der Waals surface area contributed by atoms with E-state index in [1.165, 1.54) is 0 Å². The molecule has 1 heterocycles. The van der Waals surface area contributed by atoms with Gasteiger partial charge in [0.1, 0.15) is 13.2 Å². The Morgan fingerprint density at radius 1 is 1.26 bits per heavy atom. The summed E-state index contributed by atoms with van der Waals surface area (Å²) < 4.78 is 11.8. The van der Waals surface area contributed by atoms with Crippen LogP contribution in [0.5, 0.6) is 11.5 Å². The molecule has 1 aliphatic heterocycles. The van der Waals surface area contributed by atoms with Gasteiger partial charge in [-0.1, -0.05) is 6.42 Å². The van der Waals surface area contributed by atoms with E-state index in [-0.39, 0.29) is 12.3 Å². The van der Waals surface area contributed by atoms with Gasteiger partial charge in [0.2, 0.25) is 5.91 Å². The molecule has 23 heavy (non-hydrogen) atoms. The first-order valence-corrected chi connectivity index (χ1v) is 8.38. The summed E-state index contributed by atoms with van der Waals surface area (Å²) in [6.45, 7) is 1.33. The Balaban J connectivity index is 1.61. The fourth-order valence-electron chi connectivity index (χ4n) is 2.91. The van der Waals surface area contributed by atoms with Gasteiger partial charge in [0, 0.05) is 13.0 Å². The Labute approximate surface area is 142 Å². The number of halogens is 1. The van der Waals surface area contributed by atoms with E-state index < -0.39 is 11.4 Å². The molecule has 1 aromatic rings. The Bertz CT molecular complexity index is 642. The largest absolute Gasteiger partial charge is 0.486 e. The maximum Gasteiger partial charge on any atom is 0.310 e. The van der Waals surface area contributed by atoms with E-state index in [1.807, 2.05) is 12.1 Å². The zero-order valence-electron chi connectivity index (χ0n) is 12.6. The van der Waals surface area contributed by atoms with Gasteiger partial charge in [0.25, 0.3) is 0 Å². The van der Waals surface area contributed by atoms with Gasteiger partial charge in [0.05, 0.1) is 9.89 Å². The first kappa shape index (κ1) is 16.1. The van der Waals surface area contributed by atoms with Crippen molar-refractivity contribution >= 4 is 27.8 Å². The summed E-state index contributed by atoms with van der Waals surface area (Å²) in [6.07, 6.45) is 2.05. The van der Waals surface area contributed by atoms with Gasteiger partial charge in [-0.3, -0.25) is 9.59 Å². The number of carbonyl (C=O) groups excluding carboxylic acids is 1. The molecule has 1 aliphatic carbocycles. The number of benzene rings is 1. The third-order valence-corrected chi connectivity index (χ3v) is 5.00. The van der Waals surface area contributed by atoms with Crippen LogP contribution in [-0.4, -0.2) is 30.2 Å². The number of ether oxygens (including phenoxy) is 2. The molecule has 0 bridgehead atoms. The molecule has 2 aliphatic rings. The lowest BCUT2D eigenvalue weighted by atomic mass is 9.66. The number of rotatable bonds is 5. The van der Waals surface area contributed by atoms with Crippen LogP contribution in [0.2, 0.25) is 0 Å². The van der Waals surface area contributed by atoms with E-state index >= 15 is 0 Å². The molecule has 1 saturated carbocycles. The SMILES string of the molecule is O=C(CC1(C(=O)O)CCC1)NCc1cc(Br)c2c(c1)OCCO2. The summed E-state index contributed by atoms with van der Waals surface area (Å²) in [6, 6.07) is 3.69. The molecule has 7 heteroatoms. The van der Waals surface area contributed by atoms with Crippen LogP contribution in [0.3, 0.4) is 0 Å². The average Bonchev–Trinajstić information content (AvgIpc) is 2.48. The lowest BCUT2D eigenvalue weighted by Crippen LogP contribution is -2.42. The van der Waals surface area contributed by atoms with E-state index in [0.717, 1.165) is 16.5 Å². The molecule has 6 nitrogen and oxygen atoms in total. The van der Waals surface area contributed by atoms with Crippen molar-refractivity contribution in [1.82, 2.24) is 5.32 Å². The highest BCUT2D eigenvalue weighted by Crippen LogP contribution is 2.44. The molecule has 0 aromatic heterocycles. The smallest absolute Gasteiger partial charge is 0.310 e. The fraction of sp³-hybridized carbons (Fsp3) is 0.500. The Kier molecular flexibility index (Phi) is 4.48. The lowest BCUT2D eigenvalue weighted by molar-refractivity contribution is -0.157. The molecule has 1 aromatic carbocycles. The second-order valence-corrected chi connectivity index (χ2v) is 6.85. The summed E-state index contributed by atoms with van der Waals surface area (Å²) in [5.74, 6) is 0.209. The van der Waals surface area contributed by atoms with Gasteiger partial charge in [-0.2, -0.15) is 0 Å². The molecule has 1 fully saturated rings. The standard InChI is InChI=1S/C16H18BrNO5/c17-11-6-10(7-12-14(11)23-5-4-22-12)9-18-13(19)8-16(15(20)21)2-1-3-16/h6-7H,1-5,8-9H2,(H,18,19)(H,20,21). The van der Waals surface area contributed by atoms with Crippen molar-refractivity contribution in [2.24, 2.45) is 5.41 Å². The predicted octanol–water partition coefficient (Wildman–Crippen LogP) is 2.48. The van der Waals surface area contributed by atoms with E-state index in [2.05, 4.69) is 21.2 Å². The van der Waals surface area contributed by atoms with Crippen LogP contribution in [0.15, 0.2) is 16.6 Å². The van der Waals surface area contributed by atoms with Crippen molar-refractivity contribution in [3.8, 4) is 11.5 Å². The third-order valence-electron chi connectivity index (χ3n) is 4.41. The maximum absolute atomic E-state index is 12.1. The fourth-order valence-corrected chi connectivity index (χ4v) is 3.51. The van der Waals surface area contributed by atoms with Crippen molar-refractivity contribution in [3.05, 3.63) is 22.2 Å². The third kappa shape index (κ3) is 3.29. The molecule has 0 radical (unpaired) electrons. The molecular formula is C16H18BrNO5. The summed E-state index contributed by atoms with van der Waals surface area (Å²) in [4.78, 5) is 23.4.